The highest BCUT2D eigenvalue weighted by molar-refractivity contribution is 9.10. The number of halogens is 4. The number of aromatic amines is 1. The van der Waals surface area contributed by atoms with Gasteiger partial charge in [0.15, 0.2) is 51.0 Å². The van der Waals surface area contributed by atoms with Crippen molar-refractivity contribution in [1.82, 2.24) is 30.2 Å². The second kappa shape index (κ2) is 48.3. The Kier molecular flexibility index (Phi) is 37.0. The SMILES string of the molecule is COc1cc(/C=C(\C#N)C(=O)Nc2ccccc2F)cc(Br)c1C.COc1cc(/C=C(\C#N)c2nc(C)cs2)cc(Br)c1C.COc1cc(/C=C(\C#N)c2nc3cc(Cl)ccc3s2)cc(C)c1O.COc1cc(/C=C/C(=O)c2nc3ccccc3s2)cc(C)c1O.COc1cc(/C=C/c2nc3scc(CC(C)C)c3c(=O)[nH]2)cc(C)c1O.COc1cc(/C=C2\SC(=S)NC2=O)cc(C)c1O. The molecule has 7 N–H and O–H groups in total. The zero-order chi connectivity index (χ0) is 98.2. The first-order valence-corrected chi connectivity index (χ1v) is 47.2. The van der Waals surface area contributed by atoms with Gasteiger partial charge in [-0.25, -0.2) is 24.3 Å². The van der Waals surface area contributed by atoms with E-state index in [9.17, 15) is 59.8 Å². The normalized spacial score (nSPS) is 12.1. The second-order valence-corrected chi connectivity index (χ2v) is 37.6. The fourth-order valence-electron chi connectivity index (χ4n) is 12.9. The third kappa shape index (κ3) is 27.6. The second-order valence-electron chi connectivity index (χ2n) is 29.9. The number of fused-ring (bicyclic) bond motifs is 3. The summed E-state index contributed by atoms with van der Waals surface area (Å²) in [7, 11) is 9.16. The van der Waals surface area contributed by atoms with Gasteiger partial charge in [-0.1, -0.05) is 118 Å². The minimum atomic E-state index is -0.682. The summed E-state index contributed by atoms with van der Waals surface area (Å²) in [5.74, 6) is 2.83. The van der Waals surface area contributed by atoms with Gasteiger partial charge in [0.05, 0.1) is 90.2 Å². The number of aromatic nitrogens is 5. The number of ketones is 1. The maximum absolute atomic E-state index is 13.6. The van der Waals surface area contributed by atoms with Crippen LogP contribution in [0.1, 0.15) is 118 Å². The highest BCUT2D eigenvalue weighted by atomic mass is 79.9. The summed E-state index contributed by atoms with van der Waals surface area (Å²) in [6.07, 6.45) is 14.3. The van der Waals surface area contributed by atoms with E-state index < -0.39 is 11.7 Å². The van der Waals surface area contributed by atoms with Gasteiger partial charge < -0.3 is 64.5 Å². The maximum atomic E-state index is 13.6. The number of rotatable bonds is 21. The van der Waals surface area contributed by atoms with Gasteiger partial charge >= 0.3 is 0 Å². The number of hydrogen-bond acceptors (Lipinski definition) is 27. The molecule has 0 saturated carbocycles. The molecule has 24 nitrogen and oxygen atoms in total. The summed E-state index contributed by atoms with van der Waals surface area (Å²) < 4.78 is 48.9. The van der Waals surface area contributed by atoms with Gasteiger partial charge in [0.25, 0.3) is 17.4 Å². The number of H-pyrrole nitrogens is 1. The minimum Gasteiger partial charge on any atom is -0.504 e. The van der Waals surface area contributed by atoms with Crippen LogP contribution < -0.4 is 44.6 Å². The maximum Gasteiger partial charge on any atom is 0.266 e. The number of aromatic hydroxyl groups is 4. The topological polar surface area (TPSA) is 367 Å². The standard InChI is InChI=1S/C20H22N2O3S.C18H14BrFN2O2.C18H13ClN2O2S.C18H15NO3S.C15H13BrN2OS.C12H11NO3S2/c1-11(2)7-14-10-26-20-17(14)19(24)21-16(22-20)6-5-13-8-12(3)18(23)15(9-13)25-4;1-11-14(19)8-12(9-17(11)24-2)7-13(10-21)18(23)22-16-6-4-3-5-15(16)20;1-10-5-11(7-15(23-2)17(10)22)6-12(9-20)18-21-14-8-13(19)3-4-16(14)24-18;1-11-9-12(10-15(22-2)17(11)21)7-8-14(20)18-19-13-5-3-4-6-16(13)23-18;1-9-8-20-15(18-9)12(7-17)4-11-5-13(16)10(2)14(6-11)19-3;1-6-3-7(4-8(16-2)10(6)14)5-9-11(15)13-12(17)18-9/h5-6,8-11,23H,7H2,1-4H3,(H,21,22,24);3-9H,1-2H3,(H,22,23);3-8,22H,1-2H3;3-10,21H,1-2H3;4-6,8H,1-3H3;3-5,14H,1-2H3,(H,13,15,17)/b6-5+;13-7+;12-6+;8-7+;12-4+;9-5-. The number of thioether (sulfide) groups is 1. The number of thiocarbonyl (C=S) groups is 1. The number of phenolic OH excluding ortho intramolecular Hbond substituents is 4. The number of para-hydroxylation sites is 2. The Hall–Kier alpha value is -13.6. The molecule has 15 rings (SSSR count). The van der Waals surface area contributed by atoms with Crippen molar-refractivity contribution in [2.45, 2.75) is 68.7 Å². The predicted molar refractivity (Wildman–Crippen MR) is 553 cm³/mol. The summed E-state index contributed by atoms with van der Waals surface area (Å²) in [6.45, 7) is 17.2. The first kappa shape index (κ1) is 103. The Morgan fingerprint density at radius 1 is 0.556 bits per heavy atom. The predicted octanol–water partition coefficient (Wildman–Crippen LogP) is 24.9. The number of nitrogens with zero attached hydrogens (tertiary/aromatic N) is 7. The van der Waals surface area contributed by atoms with Gasteiger partial charge in [-0.3, -0.25) is 19.2 Å². The summed E-state index contributed by atoms with van der Waals surface area (Å²) in [4.78, 5) is 70.4. The number of nitriles is 3. The van der Waals surface area contributed by atoms with Gasteiger partial charge in [0.1, 0.15) is 66.1 Å². The molecule has 2 amide bonds. The van der Waals surface area contributed by atoms with Gasteiger partial charge in [-0.2, -0.15) is 15.8 Å². The van der Waals surface area contributed by atoms with E-state index in [1.54, 1.807) is 132 Å². The largest absolute Gasteiger partial charge is 0.504 e. The van der Waals surface area contributed by atoms with Crippen LogP contribution in [0.2, 0.25) is 5.02 Å². The van der Waals surface area contributed by atoms with Crippen molar-refractivity contribution >= 4 is 225 Å². The lowest BCUT2D eigenvalue weighted by atomic mass is 10.0. The third-order valence-electron chi connectivity index (χ3n) is 19.7. The Balaban J connectivity index is 0.000000168. The molecule has 1 fully saturated rings. The van der Waals surface area contributed by atoms with E-state index in [0.717, 1.165) is 107 Å². The van der Waals surface area contributed by atoms with Crippen molar-refractivity contribution in [3.63, 3.8) is 0 Å². The van der Waals surface area contributed by atoms with Gasteiger partial charge in [-0.05, 0) is 279 Å². The number of hydrogen-bond donors (Lipinski definition) is 7. The molecule has 0 bridgehead atoms. The molecule has 0 spiro atoms. The van der Waals surface area contributed by atoms with Gasteiger partial charge in [0.2, 0.25) is 5.78 Å². The lowest BCUT2D eigenvalue weighted by molar-refractivity contribution is -0.115. The lowest BCUT2D eigenvalue weighted by Gasteiger charge is -2.09. The number of ether oxygens (including phenoxy) is 6. The van der Waals surface area contributed by atoms with Crippen LogP contribution in [0.15, 0.2) is 181 Å². The molecule has 1 aliphatic heterocycles. The number of phenols is 4. The number of anilines is 1. The van der Waals surface area contributed by atoms with E-state index >= 15 is 0 Å². The van der Waals surface area contributed by atoms with Gasteiger partial charge in [-0.15, -0.1) is 45.3 Å². The average molecular weight is 2070 g/mol. The monoisotopic (exact) mass is 2070 g/mol. The van der Waals surface area contributed by atoms with Crippen LogP contribution >= 0.6 is 113 Å². The number of methoxy groups -OCH3 is 6. The quantitative estimate of drug-likeness (QED) is 0.0152. The lowest BCUT2D eigenvalue weighted by Crippen LogP contribution is -2.17. The zero-order valence-corrected chi connectivity index (χ0v) is 84.1. The van der Waals surface area contributed by atoms with E-state index in [1.165, 1.54) is 116 Å². The number of nitrogens with one attached hydrogen (secondary N) is 3. The van der Waals surface area contributed by atoms with Crippen molar-refractivity contribution in [2.75, 3.05) is 48.0 Å². The smallest absolute Gasteiger partial charge is 0.266 e. The fraction of sp³-hybridized carbons (Fsp3) is 0.168. The number of carbonyl (C=O) groups excluding carboxylic acids is 3. The van der Waals surface area contributed by atoms with E-state index in [1.807, 2.05) is 105 Å². The van der Waals surface area contributed by atoms with E-state index in [0.29, 0.717) is 104 Å². The molecule has 6 heterocycles. The molecule has 135 heavy (non-hydrogen) atoms. The number of thiazole rings is 3. The summed E-state index contributed by atoms with van der Waals surface area (Å²) in [5.41, 5.74) is 13.8. The van der Waals surface area contributed by atoms with Crippen LogP contribution in [0.25, 0.3) is 84.3 Å². The Morgan fingerprint density at radius 3 is 1.57 bits per heavy atom. The molecule has 1 saturated heterocycles. The molecule has 5 aromatic heterocycles. The number of benzene rings is 9. The third-order valence-corrected chi connectivity index (χ3v) is 26.8. The molecule has 0 aliphatic carbocycles. The number of thiophene rings is 1. The fourth-order valence-corrected chi connectivity index (χ4v) is 18.5. The Bertz CT molecular complexity index is 7240. The van der Waals surface area contributed by atoms with Crippen LogP contribution in [0, 0.1) is 94.2 Å². The van der Waals surface area contributed by atoms with Crippen molar-refractivity contribution in [1.29, 1.82) is 15.8 Å². The minimum absolute atomic E-state index is 0.0197. The number of amides is 2. The van der Waals surface area contributed by atoms with E-state index in [2.05, 4.69) is 93.4 Å². The molecule has 0 unspecified atom stereocenters. The van der Waals surface area contributed by atoms with Crippen LogP contribution in [0.5, 0.6) is 57.5 Å². The first-order valence-electron chi connectivity index (χ1n) is 40.6. The van der Waals surface area contributed by atoms with Crippen molar-refractivity contribution in [2.24, 2.45) is 5.92 Å². The average Bonchev–Trinajstić information content (AvgIpc) is 1.66. The molecule has 0 radical (unpaired) electrons. The van der Waals surface area contributed by atoms with E-state index in [4.69, 9.17) is 52.2 Å². The number of aryl methyl sites for hydroxylation is 5. The molecular formula is C101H88Br2ClFN10O14S6. The highest BCUT2D eigenvalue weighted by Crippen LogP contribution is 2.40. The van der Waals surface area contributed by atoms with Crippen molar-refractivity contribution in [3.05, 3.63) is 296 Å². The van der Waals surface area contributed by atoms with E-state index in [-0.39, 0.29) is 51.5 Å². The van der Waals surface area contributed by atoms with Crippen molar-refractivity contribution < 1.29 is 67.6 Å². The van der Waals surface area contributed by atoms with Crippen LogP contribution in [0.3, 0.4) is 0 Å². The molecule has 34 heteroatoms. The molecule has 0 atom stereocenters. The number of allylic oxidation sites excluding steroid dienone is 3. The molecular weight excluding hydrogens is 1980 g/mol. The van der Waals surface area contributed by atoms with Crippen LogP contribution in [-0.2, 0) is 16.0 Å². The van der Waals surface area contributed by atoms with Crippen molar-refractivity contribution in [3.8, 4) is 75.7 Å². The first-order chi connectivity index (χ1) is 64.5. The Morgan fingerprint density at radius 2 is 1.04 bits per heavy atom. The summed E-state index contributed by atoms with van der Waals surface area (Å²) >= 11 is 24.8. The summed E-state index contributed by atoms with van der Waals surface area (Å²) in [5, 5.41) is 79.5. The zero-order valence-electron chi connectivity index (χ0n) is 75.3. The van der Waals surface area contributed by atoms with Crippen LogP contribution in [-0.4, -0.2) is 110 Å². The molecule has 690 valence electrons. The summed E-state index contributed by atoms with van der Waals surface area (Å²) in [6, 6.07) is 46.5. The highest BCUT2D eigenvalue weighted by Gasteiger charge is 2.24. The number of carbonyl (C=O) groups is 3. The van der Waals surface area contributed by atoms with Gasteiger partial charge in [0, 0.05) is 36.2 Å². The Labute approximate surface area is 825 Å². The molecule has 9 aromatic carbocycles. The van der Waals surface area contributed by atoms with Crippen LogP contribution in [0.4, 0.5) is 10.1 Å². The molecule has 14 aromatic rings. The molecule has 1 aliphatic rings.